The van der Waals surface area contributed by atoms with Gasteiger partial charge < -0.3 is 15.0 Å². The molecule has 1 atom stereocenters. The quantitative estimate of drug-likeness (QED) is 0.407. The Balaban J connectivity index is 0.00000225. The number of hydrogen-bond acceptors (Lipinski definition) is 3. The maximum atomic E-state index is 13.0. The molecule has 0 radical (unpaired) electrons. The van der Waals surface area contributed by atoms with Gasteiger partial charge in [-0.3, -0.25) is 9.67 Å². The Kier molecular flexibility index (Phi) is 6.23. The van der Waals surface area contributed by atoms with E-state index in [4.69, 9.17) is 4.74 Å². The first-order valence-electron chi connectivity index (χ1n) is 7.96. The number of nitrogens with zero attached hydrogens (tertiary/aromatic N) is 4. The van der Waals surface area contributed by atoms with Gasteiger partial charge in [0.2, 0.25) is 0 Å². The highest BCUT2D eigenvalue weighted by Crippen LogP contribution is 2.38. The molecule has 10 heteroatoms. The maximum absolute atomic E-state index is 13.0. The van der Waals surface area contributed by atoms with Crippen molar-refractivity contribution in [3.63, 3.8) is 0 Å². The number of aryl methyl sites for hydroxylation is 1. The molecule has 1 aromatic heterocycles. The van der Waals surface area contributed by atoms with Gasteiger partial charge in [0.1, 0.15) is 0 Å². The SMILES string of the molecule is CN=C(NCc1cn(C)nc1C(F)(F)F)N1CCC2(CCOC2)C1.I. The van der Waals surface area contributed by atoms with Crippen LogP contribution in [-0.2, 0) is 24.5 Å². The minimum Gasteiger partial charge on any atom is -0.381 e. The van der Waals surface area contributed by atoms with E-state index in [1.54, 1.807) is 7.05 Å². The first-order chi connectivity index (χ1) is 11.3. The number of alkyl halides is 3. The van der Waals surface area contributed by atoms with E-state index >= 15 is 0 Å². The van der Waals surface area contributed by atoms with Crippen molar-refractivity contribution < 1.29 is 17.9 Å². The lowest BCUT2D eigenvalue weighted by Gasteiger charge is -2.25. The van der Waals surface area contributed by atoms with Crippen LogP contribution in [0.1, 0.15) is 24.1 Å². The predicted molar refractivity (Wildman–Crippen MR) is 97.9 cm³/mol. The second-order valence-corrected chi connectivity index (χ2v) is 6.55. The van der Waals surface area contributed by atoms with Crippen molar-refractivity contribution in [2.45, 2.75) is 25.6 Å². The average molecular weight is 473 g/mol. The van der Waals surface area contributed by atoms with Crippen LogP contribution < -0.4 is 5.32 Å². The summed E-state index contributed by atoms with van der Waals surface area (Å²) >= 11 is 0. The highest BCUT2D eigenvalue weighted by molar-refractivity contribution is 14.0. The van der Waals surface area contributed by atoms with E-state index in [2.05, 4.69) is 20.3 Å². The normalized spacial score (nSPS) is 24.0. The largest absolute Gasteiger partial charge is 0.435 e. The van der Waals surface area contributed by atoms with Crippen molar-refractivity contribution in [3.05, 3.63) is 17.5 Å². The summed E-state index contributed by atoms with van der Waals surface area (Å²) in [6.45, 7) is 3.23. The number of guanidine groups is 1. The van der Waals surface area contributed by atoms with Gasteiger partial charge in [0, 0.05) is 57.5 Å². The lowest BCUT2D eigenvalue weighted by atomic mass is 9.87. The second-order valence-electron chi connectivity index (χ2n) is 6.55. The van der Waals surface area contributed by atoms with Gasteiger partial charge in [-0.25, -0.2) is 0 Å². The van der Waals surface area contributed by atoms with Crippen LogP contribution in [0.5, 0.6) is 0 Å². The fraction of sp³-hybridized carbons (Fsp3) is 0.733. The fourth-order valence-corrected chi connectivity index (χ4v) is 3.50. The molecule has 0 amide bonds. The van der Waals surface area contributed by atoms with E-state index in [1.807, 2.05) is 0 Å². The number of aliphatic imine (C=N–C) groups is 1. The summed E-state index contributed by atoms with van der Waals surface area (Å²) in [6.07, 6.45) is -1.02. The van der Waals surface area contributed by atoms with Crippen LogP contribution in [0.4, 0.5) is 13.2 Å². The monoisotopic (exact) mass is 473 g/mol. The molecule has 2 fully saturated rings. The van der Waals surface area contributed by atoms with E-state index < -0.39 is 11.9 Å². The lowest BCUT2D eigenvalue weighted by molar-refractivity contribution is -0.142. The third-order valence-corrected chi connectivity index (χ3v) is 4.74. The number of rotatable bonds is 2. The predicted octanol–water partition coefficient (Wildman–Crippen LogP) is 2.24. The molecule has 2 aliphatic heterocycles. The molecule has 2 saturated heterocycles. The molecule has 0 aromatic carbocycles. The minimum atomic E-state index is -4.46. The number of halogens is 4. The van der Waals surface area contributed by atoms with Gasteiger partial charge in [0.25, 0.3) is 0 Å². The van der Waals surface area contributed by atoms with Gasteiger partial charge >= 0.3 is 6.18 Å². The Morgan fingerprint density at radius 2 is 2.20 bits per heavy atom. The standard InChI is InChI=1S/C15H22F3N5O.HI/c1-19-13(23-5-3-14(9-23)4-6-24-10-14)20-7-11-8-22(2)21-12(11)15(16,17)18;/h8H,3-7,9-10H2,1-2H3,(H,19,20);1H. The first-order valence-corrected chi connectivity index (χ1v) is 7.96. The molecule has 1 N–H and O–H groups in total. The van der Waals surface area contributed by atoms with Gasteiger partial charge in [-0.15, -0.1) is 24.0 Å². The molecule has 1 aromatic rings. The summed E-state index contributed by atoms with van der Waals surface area (Å²) in [6, 6.07) is 0. The number of aromatic nitrogens is 2. The molecule has 2 aliphatic rings. The van der Waals surface area contributed by atoms with Crippen molar-refractivity contribution in [3.8, 4) is 0 Å². The van der Waals surface area contributed by atoms with Crippen molar-refractivity contribution in [1.82, 2.24) is 20.0 Å². The van der Waals surface area contributed by atoms with Crippen molar-refractivity contribution in [2.75, 3.05) is 33.4 Å². The van der Waals surface area contributed by atoms with Gasteiger partial charge in [0.15, 0.2) is 11.7 Å². The highest BCUT2D eigenvalue weighted by Gasteiger charge is 2.42. The van der Waals surface area contributed by atoms with Crippen LogP contribution >= 0.6 is 24.0 Å². The van der Waals surface area contributed by atoms with E-state index in [0.29, 0.717) is 5.96 Å². The third kappa shape index (κ3) is 4.39. The number of likely N-dealkylation sites (tertiary alicyclic amines) is 1. The highest BCUT2D eigenvalue weighted by atomic mass is 127. The zero-order valence-electron chi connectivity index (χ0n) is 14.3. The summed E-state index contributed by atoms with van der Waals surface area (Å²) in [4.78, 5) is 6.32. The molecule has 0 saturated carbocycles. The van der Waals surface area contributed by atoms with Gasteiger partial charge in [-0.1, -0.05) is 0 Å². The fourth-order valence-electron chi connectivity index (χ4n) is 3.50. The molecule has 1 unspecified atom stereocenters. The van der Waals surface area contributed by atoms with Crippen LogP contribution in [0, 0.1) is 5.41 Å². The average Bonchev–Trinajstić information content (AvgIpc) is 3.22. The summed E-state index contributed by atoms with van der Waals surface area (Å²) in [5.41, 5.74) is -0.567. The van der Waals surface area contributed by atoms with Crippen LogP contribution in [0.15, 0.2) is 11.2 Å². The summed E-state index contributed by atoms with van der Waals surface area (Å²) in [5, 5.41) is 6.56. The molecule has 3 heterocycles. The zero-order valence-corrected chi connectivity index (χ0v) is 16.6. The van der Waals surface area contributed by atoms with E-state index in [0.717, 1.165) is 39.1 Å². The van der Waals surface area contributed by atoms with E-state index in [1.165, 1.54) is 17.9 Å². The smallest absolute Gasteiger partial charge is 0.381 e. The van der Waals surface area contributed by atoms with Crippen molar-refractivity contribution in [1.29, 1.82) is 0 Å². The molecule has 3 rings (SSSR count). The molecule has 25 heavy (non-hydrogen) atoms. The number of hydrogen-bond donors (Lipinski definition) is 1. The molecular weight excluding hydrogens is 450 g/mol. The van der Waals surface area contributed by atoms with Crippen molar-refractivity contribution in [2.24, 2.45) is 17.5 Å². The molecule has 0 bridgehead atoms. The van der Waals surface area contributed by atoms with Crippen LogP contribution in [-0.4, -0.2) is 54.0 Å². The Morgan fingerprint density at radius 3 is 2.80 bits per heavy atom. The van der Waals surface area contributed by atoms with Crippen molar-refractivity contribution >= 4 is 29.9 Å². The Bertz CT molecular complexity index is 625. The van der Waals surface area contributed by atoms with E-state index in [-0.39, 0.29) is 41.5 Å². The van der Waals surface area contributed by atoms with Crippen LogP contribution in [0.2, 0.25) is 0 Å². The molecule has 6 nitrogen and oxygen atoms in total. The maximum Gasteiger partial charge on any atom is 0.435 e. The van der Waals surface area contributed by atoms with Gasteiger partial charge in [-0.2, -0.15) is 18.3 Å². The molecule has 0 aliphatic carbocycles. The summed E-state index contributed by atoms with van der Waals surface area (Å²) < 4.78 is 45.7. The number of nitrogens with one attached hydrogen (secondary N) is 1. The summed E-state index contributed by atoms with van der Waals surface area (Å²) in [5.74, 6) is 0.621. The van der Waals surface area contributed by atoms with Gasteiger partial charge in [0.05, 0.1) is 6.61 Å². The zero-order chi connectivity index (χ0) is 17.4. The lowest BCUT2D eigenvalue weighted by Crippen LogP contribution is -2.41. The Labute approximate surface area is 161 Å². The van der Waals surface area contributed by atoms with E-state index in [9.17, 15) is 13.2 Å². The Hall–Kier alpha value is -1.04. The number of ether oxygens (including phenoxy) is 1. The molecular formula is C15H23F3IN5O. The molecule has 1 spiro atoms. The molecule has 142 valence electrons. The third-order valence-electron chi connectivity index (χ3n) is 4.74. The topological polar surface area (TPSA) is 54.7 Å². The van der Waals surface area contributed by atoms with Gasteiger partial charge in [-0.05, 0) is 12.8 Å². The van der Waals surface area contributed by atoms with Crippen LogP contribution in [0.25, 0.3) is 0 Å². The first kappa shape index (κ1) is 20.3. The minimum absolute atomic E-state index is 0. The second kappa shape index (κ2) is 7.68. The summed E-state index contributed by atoms with van der Waals surface area (Å²) in [7, 11) is 3.13. The van der Waals surface area contributed by atoms with Crippen LogP contribution in [0.3, 0.4) is 0 Å². The Morgan fingerprint density at radius 1 is 1.44 bits per heavy atom.